The number of benzene rings is 3. The lowest BCUT2D eigenvalue weighted by Crippen LogP contribution is -2.54. The fraction of sp³-hybridized carbons (Fsp3) is 0.296. The summed E-state index contributed by atoms with van der Waals surface area (Å²) >= 11 is 7.04. The molecule has 2 aliphatic rings. The minimum atomic E-state index is -1.40. The molecule has 1 spiro atoms. The predicted molar refractivity (Wildman–Crippen MR) is 147 cm³/mol. The van der Waals surface area contributed by atoms with E-state index in [9.17, 15) is 14.9 Å². The van der Waals surface area contributed by atoms with Gasteiger partial charge in [-0.1, -0.05) is 46.3 Å². The molecule has 3 aromatic carbocycles. The highest BCUT2D eigenvalue weighted by Crippen LogP contribution is 2.53. The Morgan fingerprint density at radius 2 is 1.86 bits per heavy atom. The van der Waals surface area contributed by atoms with Crippen molar-refractivity contribution in [3.8, 4) is 11.5 Å². The smallest absolute Gasteiger partial charge is 0.256 e. The minimum absolute atomic E-state index is 0.317. The zero-order valence-electron chi connectivity index (χ0n) is 20.2. The van der Waals surface area contributed by atoms with Gasteiger partial charge in [-0.15, -0.1) is 0 Å². The molecule has 0 aromatic heterocycles. The van der Waals surface area contributed by atoms with Gasteiger partial charge in [0, 0.05) is 27.2 Å². The van der Waals surface area contributed by atoms with Crippen molar-refractivity contribution < 1.29 is 19.2 Å². The third-order valence-corrected chi connectivity index (χ3v) is 8.21. The van der Waals surface area contributed by atoms with E-state index >= 15 is 0 Å². The average molecular weight is 631 g/mol. The van der Waals surface area contributed by atoms with Crippen LogP contribution in [0.5, 0.6) is 11.5 Å². The summed E-state index contributed by atoms with van der Waals surface area (Å²) in [7, 11) is 1.77. The van der Waals surface area contributed by atoms with E-state index in [2.05, 4.69) is 37.2 Å². The van der Waals surface area contributed by atoms with Crippen LogP contribution in [0.15, 0.2) is 69.6 Å². The quantitative estimate of drug-likeness (QED) is 0.265. The highest BCUT2D eigenvalue weighted by molar-refractivity contribution is 9.10. The molecule has 5 rings (SSSR count). The van der Waals surface area contributed by atoms with Crippen molar-refractivity contribution in [2.75, 3.05) is 25.5 Å². The molecular weight excluding hydrogens is 606 g/mol. The number of carbonyl (C=O) groups excluding carboxylic acids is 1. The first-order valence-corrected chi connectivity index (χ1v) is 13.4. The van der Waals surface area contributed by atoms with E-state index in [1.54, 1.807) is 36.2 Å². The lowest BCUT2D eigenvalue weighted by molar-refractivity contribution is -0.534. The van der Waals surface area contributed by atoms with E-state index in [1.165, 1.54) is 0 Å². The standard InChI is InChI=1S/C27H25Br2N3O5/c1-3-36-23-13-17(12-21(29)24(23)37-15-16-8-10-18(28)11-9-16)19-14-31(2)27(25(19)32(34)35)20-6-4-5-7-22(20)30-26(27)33/h4-13,19,25H,3,14-15H2,1-2H3,(H,30,33)/t19-,25-,27+/m0/s1. The van der Waals surface area contributed by atoms with Crippen LogP contribution >= 0.6 is 31.9 Å². The van der Waals surface area contributed by atoms with Crippen molar-refractivity contribution in [1.29, 1.82) is 0 Å². The molecule has 0 saturated carbocycles. The molecule has 10 heteroatoms. The Morgan fingerprint density at radius 1 is 1.14 bits per heavy atom. The topological polar surface area (TPSA) is 93.9 Å². The van der Waals surface area contributed by atoms with E-state index in [-0.39, 0.29) is 10.8 Å². The van der Waals surface area contributed by atoms with E-state index < -0.39 is 17.5 Å². The van der Waals surface area contributed by atoms with Gasteiger partial charge in [0.15, 0.2) is 17.0 Å². The maximum absolute atomic E-state index is 13.4. The number of hydrogen-bond donors (Lipinski definition) is 1. The number of rotatable bonds is 7. The molecule has 3 aromatic rings. The SMILES string of the molecule is CCOc1cc([C@@H]2CN(C)[C@@]3(C(=O)Nc4ccccc43)[C@H]2[N+](=O)[O-])cc(Br)c1OCc1ccc(Br)cc1. The van der Waals surface area contributed by atoms with Crippen molar-refractivity contribution in [1.82, 2.24) is 4.90 Å². The molecule has 1 saturated heterocycles. The van der Waals surface area contributed by atoms with Crippen LogP contribution < -0.4 is 14.8 Å². The van der Waals surface area contributed by atoms with Gasteiger partial charge < -0.3 is 14.8 Å². The molecule has 1 N–H and O–H groups in total. The van der Waals surface area contributed by atoms with Gasteiger partial charge in [0.25, 0.3) is 11.9 Å². The van der Waals surface area contributed by atoms with Gasteiger partial charge in [0.1, 0.15) is 6.61 Å². The van der Waals surface area contributed by atoms with Gasteiger partial charge in [-0.05, 0) is 71.4 Å². The highest BCUT2D eigenvalue weighted by atomic mass is 79.9. The lowest BCUT2D eigenvalue weighted by atomic mass is 9.79. The first kappa shape index (κ1) is 25.7. The number of hydrogen-bond acceptors (Lipinski definition) is 6. The second-order valence-corrected chi connectivity index (χ2v) is 10.9. The summed E-state index contributed by atoms with van der Waals surface area (Å²) in [6.45, 7) is 2.92. The fourth-order valence-electron chi connectivity index (χ4n) is 5.52. The number of amides is 1. The van der Waals surface area contributed by atoms with E-state index in [4.69, 9.17) is 9.47 Å². The number of fused-ring (bicyclic) bond motifs is 2. The third kappa shape index (κ3) is 4.30. The molecule has 1 fully saturated rings. The van der Waals surface area contributed by atoms with Gasteiger partial charge in [0.05, 0.1) is 17.0 Å². The number of likely N-dealkylation sites (tertiary alicyclic amines) is 1. The number of ether oxygens (including phenoxy) is 2. The van der Waals surface area contributed by atoms with Crippen LogP contribution in [0.3, 0.4) is 0 Å². The summed E-state index contributed by atoms with van der Waals surface area (Å²) in [6.07, 6.45) is 0. The Kier molecular flexibility index (Phi) is 6.99. The number of halogens is 2. The maximum Gasteiger partial charge on any atom is 0.256 e. The third-order valence-electron chi connectivity index (χ3n) is 7.10. The molecule has 37 heavy (non-hydrogen) atoms. The molecule has 3 atom stereocenters. The fourth-order valence-corrected chi connectivity index (χ4v) is 6.36. The Morgan fingerprint density at radius 3 is 2.57 bits per heavy atom. The normalized spacial score (nSPS) is 22.6. The first-order chi connectivity index (χ1) is 17.8. The summed E-state index contributed by atoms with van der Waals surface area (Å²) in [6, 6.07) is 17.5. The van der Waals surface area contributed by atoms with E-state index in [0.717, 1.165) is 10.0 Å². The number of anilines is 1. The minimum Gasteiger partial charge on any atom is -0.490 e. The molecule has 2 heterocycles. The Labute approximate surface area is 231 Å². The van der Waals surface area contributed by atoms with Gasteiger partial charge in [0.2, 0.25) is 0 Å². The van der Waals surface area contributed by atoms with Crippen molar-refractivity contribution in [3.63, 3.8) is 0 Å². The van der Waals surface area contributed by atoms with E-state index in [1.807, 2.05) is 43.3 Å². The summed E-state index contributed by atoms with van der Waals surface area (Å²) in [4.78, 5) is 27.5. The van der Waals surface area contributed by atoms with Crippen LogP contribution in [-0.4, -0.2) is 42.0 Å². The van der Waals surface area contributed by atoms with Gasteiger partial charge in [-0.3, -0.25) is 19.8 Å². The second-order valence-electron chi connectivity index (χ2n) is 9.16. The van der Waals surface area contributed by atoms with E-state index in [0.29, 0.717) is 52.5 Å². The molecule has 192 valence electrons. The van der Waals surface area contributed by atoms with Gasteiger partial charge >= 0.3 is 0 Å². The number of para-hydroxylation sites is 1. The molecule has 8 nitrogen and oxygen atoms in total. The van der Waals surface area contributed by atoms with Crippen molar-refractivity contribution in [2.45, 2.75) is 31.0 Å². The number of nitro groups is 1. The maximum atomic E-state index is 13.4. The summed E-state index contributed by atoms with van der Waals surface area (Å²) < 4.78 is 13.7. The lowest BCUT2D eigenvalue weighted by Gasteiger charge is -2.30. The van der Waals surface area contributed by atoms with Crippen LogP contribution in [0, 0.1) is 10.1 Å². The Balaban J connectivity index is 1.53. The van der Waals surface area contributed by atoms with Crippen molar-refractivity contribution in [3.05, 3.63) is 96.4 Å². The number of likely N-dealkylation sites (N-methyl/N-ethyl adjacent to an activating group) is 1. The average Bonchev–Trinajstić information content (AvgIpc) is 3.34. The molecule has 0 aliphatic carbocycles. The molecule has 1 amide bonds. The molecule has 0 radical (unpaired) electrons. The Bertz CT molecular complexity index is 1370. The van der Waals surface area contributed by atoms with Crippen LogP contribution in [0.25, 0.3) is 0 Å². The van der Waals surface area contributed by atoms with Crippen LogP contribution in [-0.2, 0) is 16.9 Å². The predicted octanol–water partition coefficient (Wildman–Crippen LogP) is 5.71. The molecular formula is C27H25Br2N3O5. The summed E-state index contributed by atoms with van der Waals surface area (Å²) in [5.41, 5.74) is 1.53. The monoisotopic (exact) mass is 629 g/mol. The van der Waals surface area contributed by atoms with Crippen molar-refractivity contribution >= 4 is 43.5 Å². The van der Waals surface area contributed by atoms with Crippen LogP contribution in [0.4, 0.5) is 5.69 Å². The number of nitrogens with zero attached hydrogens (tertiary/aromatic N) is 2. The Hall–Kier alpha value is -2.95. The van der Waals surface area contributed by atoms with Crippen LogP contribution in [0.1, 0.15) is 29.5 Å². The zero-order chi connectivity index (χ0) is 26.3. The first-order valence-electron chi connectivity index (χ1n) is 11.9. The van der Waals surface area contributed by atoms with Gasteiger partial charge in [-0.25, -0.2) is 0 Å². The largest absolute Gasteiger partial charge is 0.490 e. The number of carbonyl (C=O) groups is 1. The van der Waals surface area contributed by atoms with Crippen LogP contribution in [0.2, 0.25) is 0 Å². The summed E-state index contributed by atoms with van der Waals surface area (Å²) in [5.74, 6) is 0.0778. The zero-order valence-corrected chi connectivity index (χ0v) is 23.4. The molecule has 0 bridgehead atoms. The number of nitrogens with one attached hydrogen (secondary N) is 1. The van der Waals surface area contributed by atoms with Crippen molar-refractivity contribution in [2.24, 2.45) is 0 Å². The molecule has 2 aliphatic heterocycles. The highest BCUT2D eigenvalue weighted by Gasteiger charge is 2.68. The second kappa shape index (κ2) is 10.1. The van der Waals surface area contributed by atoms with Gasteiger partial charge in [-0.2, -0.15) is 0 Å². The summed E-state index contributed by atoms with van der Waals surface area (Å²) in [5, 5.41) is 15.5. The molecule has 0 unspecified atom stereocenters.